The van der Waals surface area contributed by atoms with Crippen molar-refractivity contribution in [3.8, 4) is 0 Å². The van der Waals surface area contributed by atoms with Gasteiger partial charge in [0.15, 0.2) is 0 Å². The maximum absolute atomic E-state index is 11.9. The summed E-state index contributed by atoms with van der Waals surface area (Å²) in [5, 5.41) is 15.1. The second kappa shape index (κ2) is 9.26. The SMILES string of the molecule is CC(C)CC(CO)NC(=O)NCC1CCN(CC(C)C)C1. The number of urea groups is 1. The highest BCUT2D eigenvalue weighted by Crippen LogP contribution is 2.16. The third-order valence-corrected chi connectivity index (χ3v) is 3.86. The molecule has 0 spiro atoms. The molecule has 5 heteroatoms. The van der Waals surface area contributed by atoms with Crippen LogP contribution in [0.4, 0.5) is 4.79 Å². The van der Waals surface area contributed by atoms with Crippen LogP contribution in [0.3, 0.4) is 0 Å². The lowest BCUT2D eigenvalue weighted by atomic mass is 10.0. The molecule has 2 atom stereocenters. The van der Waals surface area contributed by atoms with E-state index in [4.69, 9.17) is 0 Å². The molecule has 1 rings (SSSR count). The molecule has 1 aliphatic rings. The largest absolute Gasteiger partial charge is 0.394 e. The van der Waals surface area contributed by atoms with Crippen molar-refractivity contribution < 1.29 is 9.90 Å². The minimum Gasteiger partial charge on any atom is -0.394 e. The Bertz CT molecular complexity index is 308. The van der Waals surface area contributed by atoms with E-state index >= 15 is 0 Å². The van der Waals surface area contributed by atoms with E-state index in [-0.39, 0.29) is 18.7 Å². The first kappa shape index (κ1) is 18.2. The third-order valence-electron chi connectivity index (χ3n) is 3.86. The van der Waals surface area contributed by atoms with Gasteiger partial charge >= 0.3 is 6.03 Å². The molecule has 0 aromatic carbocycles. The van der Waals surface area contributed by atoms with Crippen LogP contribution >= 0.6 is 0 Å². The number of likely N-dealkylation sites (tertiary alicyclic amines) is 1. The van der Waals surface area contributed by atoms with Crippen LogP contribution in [0.15, 0.2) is 0 Å². The average Bonchev–Trinajstić information content (AvgIpc) is 2.81. The summed E-state index contributed by atoms with van der Waals surface area (Å²) in [7, 11) is 0. The fraction of sp³-hybridized carbons (Fsp3) is 0.938. The van der Waals surface area contributed by atoms with Gasteiger partial charge in [-0.2, -0.15) is 0 Å². The summed E-state index contributed by atoms with van der Waals surface area (Å²) in [6, 6.07) is -0.303. The van der Waals surface area contributed by atoms with E-state index in [0.29, 0.717) is 17.8 Å². The van der Waals surface area contributed by atoms with Gasteiger partial charge in [0.1, 0.15) is 0 Å². The van der Waals surface area contributed by atoms with Gasteiger partial charge in [0.25, 0.3) is 0 Å². The number of hydrogen-bond acceptors (Lipinski definition) is 3. The van der Waals surface area contributed by atoms with Crippen LogP contribution in [-0.2, 0) is 0 Å². The monoisotopic (exact) mass is 299 g/mol. The van der Waals surface area contributed by atoms with E-state index in [0.717, 1.165) is 39.0 Å². The molecule has 1 saturated heterocycles. The Kier molecular flexibility index (Phi) is 8.04. The van der Waals surface area contributed by atoms with Crippen molar-refractivity contribution in [1.29, 1.82) is 0 Å². The van der Waals surface area contributed by atoms with Gasteiger partial charge in [-0.1, -0.05) is 27.7 Å². The quantitative estimate of drug-likeness (QED) is 0.639. The number of rotatable bonds is 8. The van der Waals surface area contributed by atoms with Gasteiger partial charge in [0.05, 0.1) is 12.6 Å². The summed E-state index contributed by atoms with van der Waals surface area (Å²) in [5.41, 5.74) is 0. The van der Waals surface area contributed by atoms with Gasteiger partial charge in [-0.3, -0.25) is 0 Å². The minimum absolute atomic E-state index is 0.00278. The molecule has 0 aromatic rings. The summed E-state index contributed by atoms with van der Waals surface area (Å²) in [6.07, 6.45) is 1.96. The van der Waals surface area contributed by atoms with Gasteiger partial charge in [0.2, 0.25) is 0 Å². The van der Waals surface area contributed by atoms with Crippen LogP contribution in [0.1, 0.15) is 40.5 Å². The van der Waals surface area contributed by atoms with Crippen LogP contribution in [0.25, 0.3) is 0 Å². The van der Waals surface area contributed by atoms with E-state index in [1.807, 2.05) is 0 Å². The first-order valence-electron chi connectivity index (χ1n) is 8.28. The lowest BCUT2D eigenvalue weighted by molar-refractivity contribution is 0.205. The number of hydrogen-bond donors (Lipinski definition) is 3. The van der Waals surface area contributed by atoms with E-state index < -0.39 is 0 Å². The molecule has 124 valence electrons. The van der Waals surface area contributed by atoms with Crippen molar-refractivity contribution in [3.63, 3.8) is 0 Å². The van der Waals surface area contributed by atoms with Crippen molar-refractivity contribution in [1.82, 2.24) is 15.5 Å². The number of nitrogens with zero attached hydrogens (tertiary/aromatic N) is 1. The van der Waals surface area contributed by atoms with Crippen molar-refractivity contribution in [3.05, 3.63) is 0 Å². The molecule has 1 heterocycles. The molecule has 0 aromatic heterocycles. The Labute approximate surface area is 129 Å². The molecule has 0 bridgehead atoms. The predicted octanol–water partition coefficient (Wildman–Crippen LogP) is 1.67. The minimum atomic E-state index is -0.156. The van der Waals surface area contributed by atoms with Crippen LogP contribution in [0, 0.1) is 17.8 Å². The highest BCUT2D eigenvalue weighted by atomic mass is 16.3. The molecular weight excluding hydrogens is 266 g/mol. The molecule has 0 radical (unpaired) electrons. The molecule has 2 unspecified atom stereocenters. The van der Waals surface area contributed by atoms with E-state index in [9.17, 15) is 9.90 Å². The summed E-state index contributed by atoms with van der Waals surface area (Å²) in [4.78, 5) is 14.3. The number of carbonyl (C=O) groups excluding carboxylic acids is 1. The first-order chi connectivity index (χ1) is 9.90. The maximum Gasteiger partial charge on any atom is 0.315 e. The highest BCUT2D eigenvalue weighted by molar-refractivity contribution is 5.74. The summed E-state index contributed by atoms with van der Waals surface area (Å²) in [5.74, 6) is 1.70. The van der Waals surface area contributed by atoms with Crippen molar-refractivity contribution >= 4 is 6.03 Å². The standard InChI is InChI=1S/C16H33N3O2/c1-12(2)7-15(11-20)18-16(21)17-8-14-5-6-19(10-14)9-13(3)4/h12-15,20H,5-11H2,1-4H3,(H2,17,18,21). The van der Waals surface area contributed by atoms with Gasteiger partial charge in [-0.15, -0.1) is 0 Å². The summed E-state index contributed by atoms with van der Waals surface area (Å²) >= 11 is 0. The first-order valence-corrected chi connectivity index (χ1v) is 8.28. The summed E-state index contributed by atoms with van der Waals surface area (Å²) in [6.45, 7) is 12.7. The van der Waals surface area contributed by atoms with Gasteiger partial charge in [-0.25, -0.2) is 4.79 Å². The fourth-order valence-corrected chi connectivity index (χ4v) is 2.98. The van der Waals surface area contributed by atoms with Crippen LogP contribution in [-0.4, -0.2) is 54.9 Å². The maximum atomic E-state index is 11.9. The molecule has 0 saturated carbocycles. The van der Waals surface area contributed by atoms with E-state index in [1.165, 1.54) is 0 Å². The topological polar surface area (TPSA) is 64.6 Å². The van der Waals surface area contributed by atoms with E-state index in [2.05, 4.69) is 43.2 Å². The number of carbonyl (C=O) groups is 1. The lowest BCUT2D eigenvalue weighted by Crippen LogP contribution is -2.45. The molecule has 5 nitrogen and oxygen atoms in total. The molecule has 0 aliphatic carbocycles. The highest BCUT2D eigenvalue weighted by Gasteiger charge is 2.23. The second-order valence-electron chi connectivity index (χ2n) is 7.17. The van der Waals surface area contributed by atoms with Gasteiger partial charge in [-0.05, 0) is 37.1 Å². The number of nitrogens with one attached hydrogen (secondary N) is 2. The Hall–Kier alpha value is -0.810. The zero-order valence-electron chi connectivity index (χ0n) is 14.1. The van der Waals surface area contributed by atoms with Gasteiger partial charge < -0.3 is 20.6 Å². The van der Waals surface area contributed by atoms with Crippen molar-refractivity contribution in [2.75, 3.05) is 32.8 Å². The zero-order chi connectivity index (χ0) is 15.8. The molecular formula is C16H33N3O2. The Morgan fingerprint density at radius 1 is 1.29 bits per heavy atom. The predicted molar refractivity (Wildman–Crippen MR) is 86.2 cm³/mol. The van der Waals surface area contributed by atoms with Crippen LogP contribution < -0.4 is 10.6 Å². The lowest BCUT2D eigenvalue weighted by Gasteiger charge is -2.20. The average molecular weight is 299 g/mol. The molecule has 3 N–H and O–H groups in total. The second-order valence-corrected chi connectivity index (χ2v) is 7.17. The van der Waals surface area contributed by atoms with Crippen molar-refractivity contribution in [2.24, 2.45) is 17.8 Å². The molecule has 2 amide bonds. The van der Waals surface area contributed by atoms with Gasteiger partial charge in [0, 0.05) is 19.6 Å². The van der Waals surface area contributed by atoms with Crippen LogP contribution in [0.2, 0.25) is 0 Å². The normalized spacial score (nSPS) is 21.0. The molecule has 1 fully saturated rings. The number of aliphatic hydroxyl groups excluding tert-OH is 1. The molecule has 21 heavy (non-hydrogen) atoms. The summed E-state index contributed by atoms with van der Waals surface area (Å²) < 4.78 is 0. The Morgan fingerprint density at radius 3 is 2.57 bits per heavy atom. The Morgan fingerprint density at radius 2 is 2.00 bits per heavy atom. The third kappa shape index (κ3) is 7.67. The fourth-order valence-electron chi connectivity index (χ4n) is 2.98. The van der Waals surface area contributed by atoms with Crippen LogP contribution in [0.5, 0.6) is 0 Å². The van der Waals surface area contributed by atoms with E-state index in [1.54, 1.807) is 0 Å². The molecule has 1 aliphatic heterocycles. The Balaban J connectivity index is 2.21. The van der Waals surface area contributed by atoms with Crippen molar-refractivity contribution in [2.45, 2.75) is 46.6 Å². The number of aliphatic hydroxyl groups is 1. The smallest absolute Gasteiger partial charge is 0.315 e. The zero-order valence-corrected chi connectivity index (χ0v) is 14.1. The number of amides is 2.